The molecule has 1 unspecified atom stereocenters. The van der Waals surface area contributed by atoms with Gasteiger partial charge in [0.05, 0.1) is 11.1 Å². The lowest BCUT2D eigenvalue weighted by Gasteiger charge is -2.35. The Morgan fingerprint density at radius 3 is 2.25 bits per heavy atom. The van der Waals surface area contributed by atoms with E-state index >= 15 is 0 Å². The zero-order valence-corrected chi connectivity index (χ0v) is 22.4. The number of nitrogens with one attached hydrogen (secondary N) is 2. The van der Waals surface area contributed by atoms with Crippen LogP contribution in [-0.2, 0) is 0 Å². The molecule has 0 fully saturated rings. The minimum atomic E-state index is -1.20. The average Bonchev–Trinajstić information content (AvgIpc) is 2.94. The Morgan fingerprint density at radius 2 is 1.65 bits per heavy atom. The van der Waals surface area contributed by atoms with E-state index in [2.05, 4.69) is 21.7 Å². The number of hydrogen-bond donors (Lipinski definition) is 3. The van der Waals surface area contributed by atoms with E-state index in [-0.39, 0.29) is 18.0 Å². The van der Waals surface area contributed by atoms with Crippen molar-refractivity contribution in [2.75, 3.05) is 30.3 Å². The van der Waals surface area contributed by atoms with E-state index in [1.165, 1.54) is 24.3 Å². The number of hydrogen-bond acceptors (Lipinski definition) is 7. The minimum absolute atomic E-state index is 0.0205. The molecule has 3 N–H and O–H groups in total. The Bertz CT molecular complexity index is 1510. The molecule has 4 aromatic rings. The number of ether oxygens (including phenoxy) is 2. The summed E-state index contributed by atoms with van der Waals surface area (Å²) in [5.74, 6) is 0.923. The SMILES string of the molecule is CCN(CC)C(C)(O)COc1cc2nccc(Oc3ccc(NC(=O)Nc4ccc(F)cc4)cc3)c2cc1C#N. The molecule has 0 aliphatic heterocycles. The lowest BCUT2D eigenvalue weighted by atomic mass is 10.1. The summed E-state index contributed by atoms with van der Waals surface area (Å²) in [5, 5.41) is 26.5. The number of benzene rings is 3. The molecule has 9 nitrogen and oxygen atoms in total. The van der Waals surface area contributed by atoms with Gasteiger partial charge in [-0.25, -0.2) is 9.18 Å². The third-order valence-electron chi connectivity index (χ3n) is 6.31. The molecule has 4 rings (SSSR count). The molecule has 10 heteroatoms. The van der Waals surface area contributed by atoms with Crippen LogP contribution in [0.5, 0.6) is 17.2 Å². The zero-order chi connectivity index (χ0) is 28.7. The highest BCUT2D eigenvalue weighted by atomic mass is 19.1. The number of aliphatic hydroxyl groups is 1. The molecule has 0 aliphatic rings. The van der Waals surface area contributed by atoms with Crippen molar-refractivity contribution in [1.29, 1.82) is 5.26 Å². The van der Waals surface area contributed by atoms with Crippen molar-refractivity contribution in [2.24, 2.45) is 0 Å². The first-order valence-electron chi connectivity index (χ1n) is 12.8. The summed E-state index contributed by atoms with van der Waals surface area (Å²) in [6, 6.07) is 18.9. The number of aromatic nitrogens is 1. The van der Waals surface area contributed by atoms with Crippen molar-refractivity contribution in [3.63, 3.8) is 0 Å². The van der Waals surface area contributed by atoms with E-state index in [0.29, 0.717) is 52.6 Å². The molecule has 0 radical (unpaired) electrons. The van der Waals surface area contributed by atoms with E-state index in [0.717, 1.165) is 0 Å². The Morgan fingerprint density at radius 1 is 1.02 bits per heavy atom. The number of pyridine rings is 1. The molecular formula is C30H30FN5O4. The Kier molecular flexibility index (Phi) is 8.79. The normalized spacial score (nSPS) is 12.4. The highest BCUT2D eigenvalue weighted by molar-refractivity contribution is 5.99. The summed E-state index contributed by atoms with van der Waals surface area (Å²) < 4.78 is 25.0. The predicted molar refractivity (Wildman–Crippen MR) is 151 cm³/mol. The maximum Gasteiger partial charge on any atom is 0.323 e. The third kappa shape index (κ3) is 6.83. The first-order chi connectivity index (χ1) is 19.2. The van der Waals surface area contributed by atoms with Crippen LogP contribution < -0.4 is 20.1 Å². The molecule has 3 aromatic carbocycles. The molecule has 0 bridgehead atoms. The first-order valence-corrected chi connectivity index (χ1v) is 12.8. The monoisotopic (exact) mass is 543 g/mol. The summed E-state index contributed by atoms with van der Waals surface area (Å²) >= 11 is 0. The fraction of sp³-hybridized carbons (Fsp3) is 0.233. The molecule has 2 amide bonds. The van der Waals surface area contributed by atoms with Gasteiger partial charge in [0.15, 0.2) is 0 Å². The van der Waals surface area contributed by atoms with Crippen LogP contribution in [0.15, 0.2) is 72.9 Å². The van der Waals surface area contributed by atoms with Gasteiger partial charge >= 0.3 is 6.03 Å². The van der Waals surface area contributed by atoms with Crippen LogP contribution in [0.3, 0.4) is 0 Å². The number of rotatable bonds is 10. The zero-order valence-electron chi connectivity index (χ0n) is 22.4. The predicted octanol–water partition coefficient (Wildman–Crippen LogP) is 6.11. The molecule has 40 heavy (non-hydrogen) atoms. The largest absolute Gasteiger partial charge is 0.488 e. The summed E-state index contributed by atoms with van der Waals surface area (Å²) in [6.45, 7) is 6.87. The van der Waals surface area contributed by atoms with E-state index in [1.807, 2.05) is 18.7 Å². The lowest BCUT2D eigenvalue weighted by molar-refractivity contribution is -0.114. The van der Waals surface area contributed by atoms with Crippen molar-refractivity contribution >= 4 is 28.3 Å². The number of urea groups is 1. The van der Waals surface area contributed by atoms with Gasteiger partial charge in [0.1, 0.15) is 41.5 Å². The van der Waals surface area contributed by atoms with Crippen LogP contribution in [0.25, 0.3) is 10.9 Å². The third-order valence-corrected chi connectivity index (χ3v) is 6.31. The number of anilines is 2. The molecule has 0 aliphatic carbocycles. The summed E-state index contributed by atoms with van der Waals surface area (Å²) in [7, 11) is 0. The van der Waals surface area contributed by atoms with Crippen LogP contribution >= 0.6 is 0 Å². The summed E-state index contributed by atoms with van der Waals surface area (Å²) in [4.78, 5) is 18.5. The number of carbonyl (C=O) groups is 1. The fourth-order valence-electron chi connectivity index (χ4n) is 4.21. The van der Waals surface area contributed by atoms with E-state index < -0.39 is 11.8 Å². The molecule has 0 spiro atoms. The highest BCUT2D eigenvalue weighted by Gasteiger charge is 2.28. The number of nitriles is 1. The van der Waals surface area contributed by atoms with E-state index in [1.54, 1.807) is 55.6 Å². The van der Waals surface area contributed by atoms with Gasteiger partial charge in [0.2, 0.25) is 0 Å². The maximum atomic E-state index is 13.1. The lowest BCUT2D eigenvalue weighted by Crippen LogP contribution is -2.50. The van der Waals surface area contributed by atoms with Crippen molar-refractivity contribution in [3.05, 3.63) is 84.3 Å². The number of amides is 2. The van der Waals surface area contributed by atoms with Gasteiger partial charge in [-0.2, -0.15) is 5.26 Å². The van der Waals surface area contributed by atoms with Crippen LogP contribution in [0.4, 0.5) is 20.6 Å². The molecule has 1 aromatic heterocycles. The second kappa shape index (κ2) is 12.4. The quantitative estimate of drug-likeness (QED) is 0.206. The second-order valence-electron chi connectivity index (χ2n) is 9.18. The van der Waals surface area contributed by atoms with Gasteiger partial charge in [-0.1, -0.05) is 13.8 Å². The smallest absolute Gasteiger partial charge is 0.323 e. The summed E-state index contributed by atoms with van der Waals surface area (Å²) in [5.41, 5.74) is 0.632. The Balaban J connectivity index is 1.47. The fourth-order valence-corrected chi connectivity index (χ4v) is 4.21. The maximum absolute atomic E-state index is 13.1. The number of nitrogens with zero attached hydrogens (tertiary/aromatic N) is 3. The van der Waals surface area contributed by atoms with Crippen LogP contribution in [0, 0.1) is 17.1 Å². The van der Waals surface area contributed by atoms with E-state index in [9.17, 15) is 19.6 Å². The Hall–Kier alpha value is -4.72. The summed E-state index contributed by atoms with van der Waals surface area (Å²) in [6.07, 6.45) is 1.59. The molecule has 206 valence electrons. The number of halogens is 1. The number of carbonyl (C=O) groups excluding carboxylic acids is 1. The van der Waals surface area contributed by atoms with Gasteiger partial charge in [-0.15, -0.1) is 0 Å². The van der Waals surface area contributed by atoms with Crippen molar-refractivity contribution in [3.8, 4) is 23.3 Å². The molecule has 0 saturated carbocycles. The second-order valence-corrected chi connectivity index (χ2v) is 9.18. The molecule has 0 saturated heterocycles. The van der Waals surface area contributed by atoms with E-state index in [4.69, 9.17) is 9.47 Å². The van der Waals surface area contributed by atoms with Gasteiger partial charge < -0.3 is 25.2 Å². The first kappa shape index (κ1) is 28.3. The average molecular weight is 544 g/mol. The van der Waals surface area contributed by atoms with Crippen molar-refractivity contribution in [2.45, 2.75) is 26.5 Å². The molecule has 1 atom stereocenters. The molecule has 1 heterocycles. The standard InChI is InChI=1S/C30H30FN5O4/c1-4-36(5-2)30(3,38)19-39-28-17-26-25(16-20(28)18-32)27(14-15-33-26)40-24-12-10-23(11-13-24)35-29(37)34-22-8-6-21(31)7-9-22/h6-17,38H,4-5,19H2,1-3H3,(H2,34,35,37). The van der Waals surface area contributed by atoms with Crippen molar-refractivity contribution < 1.29 is 23.8 Å². The highest BCUT2D eigenvalue weighted by Crippen LogP contribution is 2.34. The number of likely N-dealkylation sites (N-methyl/N-ethyl adjacent to an activating group) is 1. The van der Waals surface area contributed by atoms with Gasteiger partial charge in [0.25, 0.3) is 0 Å². The van der Waals surface area contributed by atoms with Gasteiger partial charge in [0, 0.05) is 29.0 Å². The van der Waals surface area contributed by atoms with Gasteiger partial charge in [-0.05, 0) is 80.7 Å². The van der Waals surface area contributed by atoms with Crippen molar-refractivity contribution in [1.82, 2.24) is 9.88 Å². The van der Waals surface area contributed by atoms with Crippen LogP contribution in [0.2, 0.25) is 0 Å². The minimum Gasteiger partial charge on any atom is -0.488 e. The number of fused-ring (bicyclic) bond motifs is 1. The topological polar surface area (TPSA) is 120 Å². The molecular weight excluding hydrogens is 513 g/mol. The Labute approximate surface area is 231 Å². The van der Waals surface area contributed by atoms with Crippen LogP contribution in [0.1, 0.15) is 26.3 Å². The van der Waals surface area contributed by atoms with Gasteiger partial charge in [-0.3, -0.25) is 9.88 Å². The van der Waals surface area contributed by atoms with Crippen LogP contribution in [-0.4, -0.2) is 46.4 Å².